The van der Waals surface area contributed by atoms with Crippen LogP contribution < -0.4 is 0 Å². The number of nitrogens with zero attached hydrogens (tertiary/aromatic N) is 4. The molecule has 0 amide bonds. The molecule has 2 aromatic rings. The third-order valence-corrected chi connectivity index (χ3v) is 3.53. The maximum atomic E-state index is 9.33. The van der Waals surface area contributed by atoms with Crippen molar-refractivity contribution in [3.63, 3.8) is 0 Å². The van der Waals surface area contributed by atoms with Crippen molar-refractivity contribution >= 4 is 18.8 Å². The monoisotopic (exact) mass is 386 g/mol. The average molecular weight is 385 g/mol. The van der Waals surface area contributed by atoms with Crippen LogP contribution >= 0.6 is 18.8 Å². The van der Waals surface area contributed by atoms with Crippen LogP contribution in [0.15, 0.2) is 68.7 Å². The Hall–Kier alpha value is -1.23. The minimum absolute atomic E-state index is 1.75. The first-order chi connectivity index (χ1) is 9.12. The van der Waals surface area contributed by atoms with Crippen molar-refractivity contribution in [1.29, 1.82) is 0 Å². The topological polar surface area (TPSA) is 84.6 Å². The Morgan fingerprint density at radius 1 is 0.684 bits per heavy atom. The fraction of sp³-hybridized carbons (Fsp3) is 0. The third-order valence-electron chi connectivity index (χ3n) is 1.31. The zero-order valence-corrected chi connectivity index (χ0v) is 13.1. The zero-order valence-electron chi connectivity index (χ0n) is 9.54. The first kappa shape index (κ1) is 17.8. The summed E-state index contributed by atoms with van der Waals surface area (Å²) in [5, 5.41) is 0. The largest absolute Gasteiger partial charge is 0.265 e. The molecule has 0 fully saturated rings. The van der Waals surface area contributed by atoms with Gasteiger partial charge in [-0.05, 0) is 24.3 Å². The van der Waals surface area contributed by atoms with E-state index in [0.717, 1.165) is 0 Å². The van der Waals surface area contributed by atoms with Gasteiger partial charge in [0.2, 0.25) is 0 Å². The van der Waals surface area contributed by atoms with Gasteiger partial charge < -0.3 is 0 Å². The molecule has 0 aliphatic rings. The standard InChI is InChI=1S/2C5H5N.2ClH.Mo.2NO/c2*1-2-4-6-5-3-1;;;;2*1-2/h2*1-5H;2*1H;;;/q;;;;+4;2*-1/p-2. The van der Waals surface area contributed by atoms with Crippen molar-refractivity contribution in [2.45, 2.75) is 0 Å². The zero-order chi connectivity index (χ0) is 14.4. The van der Waals surface area contributed by atoms with Gasteiger partial charge in [0.05, 0.1) is 0 Å². The minimum Gasteiger partial charge on any atom is -0.265 e. The molecule has 2 heterocycles. The molecule has 0 unspecified atom stereocenters. The van der Waals surface area contributed by atoms with Crippen molar-refractivity contribution < 1.29 is 14.5 Å². The first-order valence-corrected chi connectivity index (χ1v) is 11.7. The summed E-state index contributed by atoms with van der Waals surface area (Å²) in [4.78, 5) is 26.2. The van der Waals surface area contributed by atoms with Gasteiger partial charge >= 0.3 is 50.6 Å². The van der Waals surface area contributed by atoms with Gasteiger partial charge in [-0.3, -0.25) is 9.97 Å². The Bertz CT molecular complexity index is 353. The summed E-state index contributed by atoms with van der Waals surface area (Å²) < 4.78 is 4.26. The van der Waals surface area contributed by atoms with Gasteiger partial charge in [0.25, 0.3) is 0 Å². The normalized spacial score (nSPS) is 9.79. The van der Waals surface area contributed by atoms with Crippen molar-refractivity contribution in [2.75, 3.05) is 0 Å². The fourth-order valence-corrected chi connectivity index (χ4v) is 0.706. The Morgan fingerprint density at radius 3 is 1.05 bits per heavy atom. The van der Waals surface area contributed by atoms with Crippen molar-refractivity contribution in [3.8, 4) is 0 Å². The summed E-state index contributed by atoms with van der Waals surface area (Å²) in [5.74, 6) is 0. The maximum Gasteiger partial charge on any atom is 0.0267 e. The molecule has 0 bridgehead atoms. The van der Waals surface area contributed by atoms with Crippen LogP contribution in [0.25, 0.3) is 0 Å². The molecule has 0 spiro atoms. The Kier molecular flexibility index (Phi) is 11.1. The predicted molar refractivity (Wildman–Crippen MR) is 71.8 cm³/mol. The van der Waals surface area contributed by atoms with Gasteiger partial charge in [-0.1, -0.05) is 12.1 Å². The smallest absolute Gasteiger partial charge is 0.0267 e. The molecule has 0 radical (unpaired) electrons. The second kappa shape index (κ2) is 11.8. The van der Waals surface area contributed by atoms with E-state index in [0.29, 0.717) is 0 Å². The Labute approximate surface area is 121 Å². The van der Waals surface area contributed by atoms with Crippen LogP contribution in [0.5, 0.6) is 0 Å². The van der Waals surface area contributed by atoms with E-state index in [-0.39, 0.29) is 0 Å². The van der Waals surface area contributed by atoms with Crippen LogP contribution in [-0.4, -0.2) is 9.97 Å². The van der Waals surface area contributed by atoms with Gasteiger partial charge in [0.15, 0.2) is 0 Å². The Morgan fingerprint density at radius 2 is 1.00 bits per heavy atom. The van der Waals surface area contributed by atoms with E-state index in [1.54, 1.807) is 24.8 Å². The minimum atomic E-state index is -4.02. The second-order valence-electron chi connectivity index (χ2n) is 2.61. The Balaban J connectivity index is 0.000000256. The number of halogens is 2. The summed E-state index contributed by atoms with van der Waals surface area (Å²) in [5.41, 5.74) is 0. The summed E-state index contributed by atoms with van der Waals surface area (Å²) in [7, 11) is 9.80. The van der Waals surface area contributed by atoms with Crippen LogP contribution in [0.2, 0.25) is 0 Å². The number of nitroso groups, excluding NO2 is 2. The molecule has 0 saturated carbocycles. The van der Waals surface area contributed by atoms with Crippen LogP contribution in [-0.2, 0) is 14.5 Å². The van der Waals surface area contributed by atoms with Gasteiger partial charge in [-0.15, -0.1) is 0 Å². The van der Waals surface area contributed by atoms with E-state index in [1.165, 1.54) is 0 Å². The summed E-state index contributed by atoms with van der Waals surface area (Å²) >= 11 is -4.02. The van der Waals surface area contributed by atoms with Gasteiger partial charge in [0.1, 0.15) is 0 Å². The number of aromatic nitrogens is 2. The molecule has 0 aromatic carbocycles. The van der Waals surface area contributed by atoms with E-state index in [2.05, 4.69) is 17.4 Å². The quantitative estimate of drug-likeness (QED) is 0.579. The molecule has 9 heteroatoms. The average Bonchev–Trinajstić information content (AvgIpc) is 2.52. The van der Waals surface area contributed by atoms with Crippen molar-refractivity contribution in [3.05, 3.63) is 71.0 Å². The third kappa shape index (κ3) is 13.0. The van der Waals surface area contributed by atoms with Gasteiger partial charge in [-0.25, -0.2) is 0 Å². The van der Waals surface area contributed by atoms with Gasteiger partial charge in [0, 0.05) is 24.8 Å². The molecule has 6 nitrogen and oxygen atoms in total. The van der Waals surface area contributed by atoms with Crippen LogP contribution in [0.4, 0.5) is 0 Å². The van der Waals surface area contributed by atoms with Gasteiger partial charge in [-0.2, -0.15) is 0 Å². The molecule has 2 rings (SSSR count). The molecule has 2 aromatic heterocycles. The molecule has 102 valence electrons. The number of hydrogen-bond donors (Lipinski definition) is 0. The fourth-order valence-electron chi connectivity index (χ4n) is 0.639. The van der Waals surface area contributed by atoms with Crippen molar-refractivity contribution in [1.82, 2.24) is 9.97 Å². The molecular formula is C10H10Cl2MoN4O2. The molecule has 0 aliphatic carbocycles. The van der Waals surface area contributed by atoms with E-state index in [4.69, 9.17) is 18.8 Å². The van der Waals surface area contributed by atoms with E-state index in [9.17, 15) is 9.81 Å². The van der Waals surface area contributed by atoms with E-state index < -0.39 is 14.5 Å². The molecule has 0 saturated heterocycles. The summed E-state index contributed by atoms with van der Waals surface area (Å²) in [6.45, 7) is 0. The first-order valence-electron chi connectivity index (χ1n) is 4.74. The number of pyridine rings is 2. The van der Waals surface area contributed by atoms with Crippen LogP contribution in [0.3, 0.4) is 0 Å². The summed E-state index contributed by atoms with van der Waals surface area (Å²) in [6.07, 6.45) is 7.00. The van der Waals surface area contributed by atoms with Crippen LogP contribution in [0, 0.1) is 9.81 Å². The molecule has 19 heavy (non-hydrogen) atoms. The van der Waals surface area contributed by atoms with E-state index >= 15 is 0 Å². The maximum absolute atomic E-state index is 9.33. The second-order valence-corrected chi connectivity index (χ2v) is 11.4. The molecular weight excluding hydrogens is 375 g/mol. The number of hydrogen-bond acceptors (Lipinski definition) is 6. The number of rotatable bonds is 2. The molecule has 0 N–H and O–H groups in total. The SMILES string of the molecule is O=[N][Mo]([Cl])([Cl])[N]=O.c1ccncc1.c1ccncc1. The predicted octanol–water partition coefficient (Wildman–Crippen LogP) is 3.97. The molecule has 0 aliphatic heterocycles. The van der Waals surface area contributed by atoms with Crippen LogP contribution in [0.1, 0.15) is 0 Å². The summed E-state index contributed by atoms with van der Waals surface area (Å²) in [6, 6.07) is 11.4. The van der Waals surface area contributed by atoms with E-state index in [1.807, 2.05) is 36.4 Å². The molecule has 0 atom stereocenters. The van der Waals surface area contributed by atoms with Crippen molar-refractivity contribution in [2.24, 2.45) is 7.47 Å².